The van der Waals surface area contributed by atoms with E-state index in [1.165, 1.54) is 13.0 Å². The number of hydrogen-bond donors (Lipinski definition) is 2. The number of ether oxygens (including phenoxy) is 1. The maximum Gasteiger partial charge on any atom is 0.0519 e. The van der Waals surface area contributed by atoms with Gasteiger partial charge in [-0.3, -0.25) is 0 Å². The van der Waals surface area contributed by atoms with Gasteiger partial charge in [0, 0.05) is 31.1 Å². The lowest BCUT2D eigenvalue weighted by Crippen LogP contribution is -2.53. The van der Waals surface area contributed by atoms with Crippen LogP contribution in [-0.2, 0) is 4.74 Å². The maximum atomic E-state index is 5.22. The zero-order chi connectivity index (χ0) is 8.02. The number of rotatable bonds is 1. The van der Waals surface area contributed by atoms with Gasteiger partial charge in [0.05, 0.1) is 13.2 Å². The van der Waals surface area contributed by atoms with Gasteiger partial charge < -0.3 is 15.4 Å². The van der Waals surface area contributed by atoms with Gasteiger partial charge in [0.15, 0.2) is 0 Å². The molecule has 0 aromatic heterocycles. The molecular formula is C9H16N2O. The first-order chi connectivity index (χ1) is 5.91. The molecule has 68 valence electrons. The third-order valence-electron chi connectivity index (χ3n) is 3.59. The Hall–Kier alpha value is -0.120. The number of nitrogens with one attached hydrogen (secondary N) is 2. The molecule has 2 saturated heterocycles. The van der Waals surface area contributed by atoms with E-state index >= 15 is 0 Å². The van der Waals surface area contributed by atoms with Crippen molar-refractivity contribution in [3.05, 3.63) is 0 Å². The maximum absolute atomic E-state index is 5.22. The van der Waals surface area contributed by atoms with Gasteiger partial charge in [0.25, 0.3) is 0 Å². The monoisotopic (exact) mass is 168 g/mol. The first-order valence-electron chi connectivity index (χ1n) is 4.94. The topological polar surface area (TPSA) is 33.3 Å². The summed E-state index contributed by atoms with van der Waals surface area (Å²) < 4.78 is 5.22. The van der Waals surface area contributed by atoms with Gasteiger partial charge in [-0.15, -0.1) is 0 Å². The summed E-state index contributed by atoms with van der Waals surface area (Å²) in [6.07, 6.45) is 1.37. The highest BCUT2D eigenvalue weighted by Crippen LogP contribution is 2.50. The van der Waals surface area contributed by atoms with Crippen LogP contribution in [0.2, 0.25) is 0 Å². The van der Waals surface area contributed by atoms with Gasteiger partial charge in [-0.2, -0.15) is 0 Å². The fourth-order valence-corrected chi connectivity index (χ4v) is 2.62. The van der Waals surface area contributed by atoms with Crippen LogP contribution in [0.15, 0.2) is 0 Å². The van der Waals surface area contributed by atoms with Crippen LogP contribution >= 0.6 is 0 Å². The second-order valence-corrected chi connectivity index (χ2v) is 4.37. The Balaban J connectivity index is 1.63. The van der Waals surface area contributed by atoms with Crippen molar-refractivity contribution in [1.29, 1.82) is 0 Å². The molecule has 3 fully saturated rings. The van der Waals surface area contributed by atoms with E-state index in [1.807, 2.05) is 0 Å². The smallest absolute Gasteiger partial charge is 0.0519 e. The molecule has 0 radical (unpaired) electrons. The van der Waals surface area contributed by atoms with E-state index in [-0.39, 0.29) is 0 Å². The molecule has 1 spiro atoms. The minimum absolute atomic E-state index is 0.479. The molecule has 3 nitrogen and oxygen atoms in total. The summed E-state index contributed by atoms with van der Waals surface area (Å²) in [7, 11) is 0. The Kier molecular flexibility index (Phi) is 1.48. The van der Waals surface area contributed by atoms with Crippen LogP contribution in [0.4, 0.5) is 0 Å². The van der Waals surface area contributed by atoms with Crippen LogP contribution in [0, 0.1) is 11.8 Å². The molecule has 2 heterocycles. The highest BCUT2D eigenvalue weighted by Gasteiger charge is 2.58. The standard InChI is InChI=1S/C9H16N2O/c1-2-11-9(6-10-1)3-8(9)7-4-12-5-7/h7-8,10-11H,1-6H2. The molecule has 2 aliphatic heterocycles. The SMILES string of the molecule is C1CNC2(CN1)CC2C1COC1. The van der Waals surface area contributed by atoms with Crippen LogP contribution in [0.5, 0.6) is 0 Å². The Morgan fingerprint density at radius 3 is 2.75 bits per heavy atom. The summed E-state index contributed by atoms with van der Waals surface area (Å²) in [6.45, 7) is 5.47. The fraction of sp³-hybridized carbons (Fsp3) is 1.00. The normalized spacial score (nSPS) is 47.5. The van der Waals surface area contributed by atoms with E-state index in [4.69, 9.17) is 4.74 Å². The summed E-state index contributed by atoms with van der Waals surface area (Å²) in [5.41, 5.74) is 0.479. The second kappa shape index (κ2) is 2.44. The van der Waals surface area contributed by atoms with Gasteiger partial charge in [0.1, 0.15) is 0 Å². The van der Waals surface area contributed by atoms with E-state index in [9.17, 15) is 0 Å². The predicted molar refractivity (Wildman–Crippen MR) is 46.0 cm³/mol. The molecule has 0 bridgehead atoms. The number of piperazine rings is 1. The quantitative estimate of drug-likeness (QED) is 0.558. The zero-order valence-electron chi connectivity index (χ0n) is 7.31. The first-order valence-corrected chi connectivity index (χ1v) is 4.94. The van der Waals surface area contributed by atoms with E-state index in [1.54, 1.807) is 0 Å². The number of hydrogen-bond acceptors (Lipinski definition) is 3. The van der Waals surface area contributed by atoms with E-state index in [0.29, 0.717) is 5.54 Å². The fourth-order valence-electron chi connectivity index (χ4n) is 2.62. The second-order valence-electron chi connectivity index (χ2n) is 4.37. The average Bonchev–Trinajstić information content (AvgIpc) is 2.62. The lowest BCUT2D eigenvalue weighted by Gasteiger charge is -2.32. The summed E-state index contributed by atoms with van der Waals surface area (Å²) in [5.74, 6) is 1.76. The zero-order valence-corrected chi connectivity index (χ0v) is 7.31. The summed E-state index contributed by atoms with van der Waals surface area (Å²) in [4.78, 5) is 0. The van der Waals surface area contributed by atoms with Gasteiger partial charge >= 0.3 is 0 Å². The van der Waals surface area contributed by atoms with Crippen molar-refractivity contribution in [2.24, 2.45) is 11.8 Å². The van der Waals surface area contributed by atoms with Crippen LogP contribution in [-0.4, -0.2) is 38.4 Å². The average molecular weight is 168 g/mol. The minimum Gasteiger partial charge on any atom is -0.381 e. The molecule has 2 unspecified atom stereocenters. The molecule has 1 aliphatic carbocycles. The van der Waals surface area contributed by atoms with E-state index < -0.39 is 0 Å². The van der Waals surface area contributed by atoms with Gasteiger partial charge in [-0.05, 0) is 12.3 Å². The molecule has 3 heteroatoms. The van der Waals surface area contributed by atoms with Gasteiger partial charge in [-0.1, -0.05) is 0 Å². The van der Waals surface area contributed by atoms with Crippen molar-refractivity contribution in [2.75, 3.05) is 32.8 Å². The Morgan fingerprint density at radius 1 is 1.25 bits per heavy atom. The van der Waals surface area contributed by atoms with Crippen molar-refractivity contribution < 1.29 is 4.74 Å². The third kappa shape index (κ3) is 0.934. The van der Waals surface area contributed by atoms with Gasteiger partial charge in [-0.25, -0.2) is 0 Å². The minimum atomic E-state index is 0.479. The molecule has 0 aromatic carbocycles. The van der Waals surface area contributed by atoms with Crippen molar-refractivity contribution in [1.82, 2.24) is 10.6 Å². The summed E-state index contributed by atoms with van der Waals surface area (Å²) >= 11 is 0. The van der Waals surface area contributed by atoms with E-state index in [0.717, 1.165) is 38.1 Å². The Bertz CT molecular complexity index is 185. The van der Waals surface area contributed by atoms with Crippen molar-refractivity contribution in [3.8, 4) is 0 Å². The van der Waals surface area contributed by atoms with Crippen molar-refractivity contribution in [2.45, 2.75) is 12.0 Å². The third-order valence-corrected chi connectivity index (χ3v) is 3.59. The van der Waals surface area contributed by atoms with Crippen molar-refractivity contribution in [3.63, 3.8) is 0 Å². The molecule has 1 saturated carbocycles. The molecular weight excluding hydrogens is 152 g/mol. The molecule has 2 N–H and O–H groups in total. The van der Waals surface area contributed by atoms with Crippen LogP contribution in [0.1, 0.15) is 6.42 Å². The predicted octanol–water partition coefficient (Wildman–Crippen LogP) is -0.416. The molecule has 3 rings (SSSR count). The highest BCUT2D eigenvalue weighted by molar-refractivity contribution is 5.15. The van der Waals surface area contributed by atoms with Crippen LogP contribution < -0.4 is 10.6 Å². The molecule has 0 aromatic rings. The van der Waals surface area contributed by atoms with E-state index in [2.05, 4.69) is 10.6 Å². The highest BCUT2D eigenvalue weighted by atomic mass is 16.5. The summed E-state index contributed by atoms with van der Waals surface area (Å²) in [5, 5.41) is 7.12. The summed E-state index contributed by atoms with van der Waals surface area (Å²) in [6, 6.07) is 0. The lowest BCUT2D eigenvalue weighted by atomic mass is 9.97. The largest absolute Gasteiger partial charge is 0.381 e. The lowest BCUT2D eigenvalue weighted by molar-refractivity contribution is -0.0472. The molecule has 2 atom stereocenters. The van der Waals surface area contributed by atoms with Gasteiger partial charge in [0.2, 0.25) is 0 Å². The molecule has 0 amide bonds. The van der Waals surface area contributed by atoms with Crippen molar-refractivity contribution >= 4 is 0 Å². The first kappa shape index (κ1) is 7.30. The Morgan fingerprint density at radius 2 is 2.17 bits per heavy atom. The van der Waals surface area contributed by atoms with Crippen LogP contribution in [0.25, 0.3) is 0 Å². The van der Waals surface area contributed by atoms with Crippen LogP contribution in [0.3, 0.4) is 0 Å². The Labute approximate surface area is 72.9 Å². The molecule has 3 aliphatic rings. The molecule has 12 heavy (non-hydrogen) atoms.